The second-order valence-electron chi connectivity index (χ2n) is 4.85. The lowest BCUT2D eigenvalue weighted by Gasteiger charge is -2.31. The molecule has 0 aliphatic carbocycles. The third-order valence-electron chi connectivity index (χ3n) is 2.57. The van der Waals surface area contributed by atoms with E-state index in [2.05, 4.69) is 29.8 Å². The van der Waals surface area contributed by atoms with Crippen molar-refractivity contribution >= 4 is 57.9 Å². The summed E-state index contributed by atoms with van der Waals surface area (Å²) in [5.41, 5.74) is 0. The van der Waals surface area contributed by atoms with Crippen molar-refractivity contribution in [2.24, 2.45) is 0 Å². The first-order valence-corrected chi connectivity index (χ1v) is 8.64. The van der Waals surface area contributed by atoms with E-state index < -0.39 is 15.1 Å². The molecule has 0 spiro atoms. The number of rotatable bonds is 10. The molecule has 7 heteroatoms. The summed E-state index contributed by atoms with van der Waals surface area (Å²) in [6, 6.07) is 0. The van der Waals surface area contributed by atoms with Crippen molar-refractivity contribution in [3.05, 3.63) is 0 Å². The van der Waals surface area contributed by atoms with Crippen molar-refractivity contribution in [2.75, 3.05) is 13.2 Å². The Morgan fingerprint density at radius 2 is 1.42 bits per heavy atom. The topological polar surface area (TPSA) is 18.5 Å². The predicted octanol–water partition coefficient (Wildman–Crippen LogP) is 5.56. The summed E-state index contributed by atoms with van der Waals surface area (Å²) in [4.78, 5) is 0. The molecule has 114 valence electrons. The second kappa shape index (κ2) is 10.1. The maximum absolute atomic E-state index is 5.87. The molecule has 0 radical (unpaired) electrons. The van der Waals surface area contributed by atoms with Crippen LogP contribution in [0, 0.1) is 0 Å². The Balaban J connectivity index is 4.49. The van der Waals surface area contributed by atoms with E-state index in [4.69, 9.17) is 44.1 Å². The van der Waals surface area contributed by atoms with Gasteiger partial charge in [-0.3, -0.25) is 0 Å². The first kappa shape index (κ1) is 20.3. The van der Waals surface area contributed by atoms with Crippen LogP contribution in [0.2, 0.25) is 0 Å². The second-order valence-corrected chi connectivity index (χ2v) is 9.18. The van der Waals surface area contributed by atoms with Crippen LogP contribution in [0.1, 0.15) is 52.9 Å². The van der Waals surface area contributed by atoms with Gasteiger partial charge in [-0.1, -0.05) is 84.3 Å². The van der Waals surface area contributed by atoms with Gasteiger partial charge in [-0.25, -0.2) is 0 Å². The van der Waals surface area contributed by atoms with E-state index >= 15 is 0 Å². The highest BCUT2D eigenvalue weighted by molar-refractivity contribution is 9.10. The molecule has 0 aliphatic heterocycles. The first-order valence-electron chi connectivity index (χ1n) is 6.71. The van der Waals surface area contributed by atoms with Crippen LogP contribution in [0.3, 0.4) is 0 Å². The van der Waals surface area contributed by atoms with Crippen molar-refractivity contribution in [1.29, 1.82) is 0 Å². The largest absolute Gasteiger partial charge is 0.474 e. The summed E-state index contributed by atoms with van der Waals surface area (Å²) < 4.78 is 9.73. The van der Waals surface area contributed by atoms with Crippen LogP contribution in [-0.4, -0.2) is 28.3 Å². The minimum absolute atomic E-state index is 0.313. The third-order valence-corrected chi connectivity index (χ3v) is 3.63. The Kier molecular flexibility index (Phi) is 10.8. The molecule has 1 atom stereocenters. The van der Waals surface area contributed by atoms with Crippen molar-refractivity contribution in [3.8, 4) is 0 Å². The molecule has 0 rings (SSSR count). The monoisotopic (exact) mass is 394 g/mol. The Labute approximate surface area is 141 Å². The Bertz CT molecular complexity index is 228. The van der Waals surface area contributed by atoms with E-state index in [1.54, 1.807) is 0 Å². The van der Waals surface area contributed by atoms with Gasteiger partial charge in [-0.05, 0) is 12.8 Å². The molecule has 0 saturated heterocycles. The standard InChI is InChI=1S/C12H23BBrCl3O2/c1-4-6-8-18-13(19-9-7-5-2)11(3,14)10-12(15,16)17/h4-10H2,1-3H3. The lowest BCUT2D eigenvalue weighted by molar-refractivity contribution is 0.181. The van der Waals surface area contributed by atoms with Gasteiger partial charge in [0.1, 0.15) is 0 Å². The highest BCUT2D eigenvalue weighted by Crippen LogP contribution is 2.40. The summed E-state index contributed by atoms with van der Waals surface area (Å²) in [6.07, 6.45) is 4.44. The summed E-state index contributed by atoms with van der Waals surface area (Å²) in [6.45, 7) is 7.45. The number of hydrogen-bond acceptors (Lipinski definition) is 2. The zero-order valence-corrected chi connectivity index (χ0v) is 15.7. The van der Waals surface area contributed by atoms with Crippen LogP contribution in [0.15, 0.2) is 0 Å². The van der Waals surface area contributed by atoms with E-state index in [-0.39, 0.29) is 0 Å². The highest BCUT2D eigenvalue weighted by Gasteiger charge is 2.45. The molecule has 0 aromatic carbocycles. The molecule has 0 N–H and O–H groups in total. The van der Waals surface area contributed by atoms with Gasteiger partial charge in [0.15, 0.2) is 3.79 Å². The van der Waals surface area contributed by atoms with E-state index in [9.17, 15) is 0 Å². The van der Waals surface area contributed by atoms with Gasteiger partial charge in [-0.15, -0.1) is 0 Å². The summed E-state index contributed by atoms with van der Waals surface area (Å²) in [5, 5.41) is 0. The number of unbranched alkanes of at least 4 members (excludes halogenated alkanes) is 2. The zero-order chi connectivity index (χ0) is 14.9. The quantitative estimate of drug-likeness (QED) is 0.273. The van der Waals surface area contributed by atoms with E-state index in [1.165, 1.54) is 0 Å². The van der Waals surface area contributed by atoms with Crippen LogP contribution in [0.4, 0.5) is 0 Å². The highest BCUT2D eigenvalue weighted by atomic mass is 79.9. The van der Waals surface area contributed by atoms with Crippen LogP contribution >= 0.6 is 50.7 Å². The van der Waals surface area contributed by atoms with Crippen molar-refractivity contribution in [2.45, 2.75) is 60.9 Å². The van der Waals surface area contributed by atoms with Gasteiger partial charge in [0.2, 0.25) is 0 Å². The fraction of sp³-hybridized carbons (Fsp3) is 1.00. The minimum atomic E-state index is -1.33. The average Bonchev–Trinajstić information content (AvgIpc) is 2.24. The van der Waals surface area contributed by atoms with Crippen LogP contribution in [0.25, 0.3) is 0 Å². The van der Waals surface area contributed by atoms with Gasteiger partial charge in [0, 0.05) is 19.6 Å². The molecule has 1 unspecified atom stereocenters. The summed E-state index contributed by atoms with van der Waals surface area (Å²) in [5.74, 6) is 0. The number of halogens is 4. The van der Waals surface area contributed by atoms with Gasteiger partial charge in [0.25, 0.3) is 0 Å². The summed E-state index contributed by atoms with van der Waals surface area (Å²) >= 11 is 21.2. The maximum atomic E-state index is 5.87. The van der Waals surface area contributed by atoms with E-state index in [0.29, 0.717) is 19.6 Å². The molecule has 0 aliphatic rings. The first-order chi connectivity index (χ1) is 8.73. The molecule has 0 aromatic heterocycles. The molecule has 0 aromatic rings. The normalized spacial score (nSPS) is 15.3. The van der Waals surface area contributed by atoms with Crippen LogP contribution in [0.5, 0.6) is 0 Å². The van der Waals surface area contributed by atoms with Gasteiger partial charge in [0.05, 0.1) is 4.22 Å². The van der Waals surface area contributed by atoms with E-state index in [0.717, 1.165) is 25.7 Å². The molecule has 0 fully saturated rings. The predicted molar refractivity (Wildman–Crippen MR) is 89.7 cm³/mol. The minimum Gasteiger partial charge on any atom is -0.410 e. The maximum Gasteiger partial charge on any atom is 0.474 e. The molecule has 0 bridgehead atoms. The molecule has 2 nitrogen and oxygen atoms in total. The average molecular weight is 396 g/mol. The third kappa shape index (κ3) is 10.7. The molecule has 0 heterocycles. The Morgan fingerprint density at radius 1 is 1.00 bits per heavy atom. The fourth-order valence-electron chi connectivity index (χ4n) is 1.54. The zero-order valence-electron chi connectivity index (χ0n) is 11.9. The molecule has 0 saturated carbocycles. The Hall–Kier alpha value is 1.33. The van der Waals surface area contributed by atoms with Crippen molar-refractivity contribution < 1.29 is 9.31 Å². The molecule has 19 heavy (non-hydrogen) atoms. The lowest BCUT2D eigenvalue weighted by Crippen LogP contribution is -2.46. The number of alkyl halides is 4. The van der Waals surface area contributed by atoms with E-state index in [1.807, 2.05) is 6.92 Å². The van der Waals surface area contributed by atoms with Crippen molar-refractivity contribution in [3.63, 3.8) is 0 Å². The van der Waals surface area contributed by atoms with Crippen LogP contribution in [-0.2, 0) is 9.31 Å². The lowest BCUT2D eigenvalue weighted by atomic mass is 9.71. The molecular weight excluding hydrogens is 373 g/mol. The van der Waals surface area contributed by atoms with Crippen molar-refractivity contribution in [1.82, 2.24) is 0 Å². The molecule has 0 amide bonds. The Morgan fingerprint density at radius 3 is 1.74 bits per heavy atom. The van der Waals surface area contributed by atoms with Gasteiger partial charge < -0.3 is 9.31 Å². The van der Waals surface area contributed by atoms with Gasteiger partial charge >= 0.3 is 7.12 Å². The smallest absolute Gasteiger partial charge is 0.410 e. The number of hydrogen-bond donors (Lipinski definition) is 0. The van der Waals surface area contributed by atoms with Gasteiger partial charge in [-0.2, -0.15) is 0 Å². The fourth-order valence-corrected chi connectivity index (χ4v) is 3.54. The van der Waals surface area contributed by atoms with Crippen LogP contribution < -0.4 is 0 Å². The summed E-state index contributed by atoms with van der Waals surface area (Å²) in [7, 11) is -0.416. The SMILES string of the molecule is CCCCOB(OCCCC)C(C)(Br)CC(Cl)(Cl)Cl. The molecular formula is C12H23BBrCl3O2.